The van der Waals surface area contributed by atoms with Crippen LogP contribution in [-0.2, 0) is 10.2 Å². The quantitative estimate of drug-likeness (QED) is 0.459. The zero-order chi connectivity index (χ0) is 21.9. The molecule has 2 aromatic rings. The lowest BCUT2D eigenvalue weighted by atomic mass is 9.78. The van der Waals surface area contributed by atoms with Crippen LogP contribution in [0, 0.1) is 24.0 Å². The Kier molecular flexibility index (Phi) is 6.44. The lowest BCUT2D eigenvalue weighted by molar-refractivity contribution is -0.384. The zero-order valence-electron chi connectivity index (χ0n) is 18.2. The van der Waals surface area contributed by atoms with E-state index in [1.54, 1.807) is 12.1 Å². The largest absolute Gasteiger partial charge is 0.490 e. The summed E-state index contributed by atoms with van der Waals surface area (Å²) in [6, 6.07) is 10.3. The van der Waals surface area contributed by atoms with Gasteiger partial charge in [-0.15, -0.1) is 0 Å². The van der Waals surface area contributed by atoms with Crippen molar-refractivity contribution in [2.45, 2.75) is 71.3 Å². The number of hydrogen-bond donors (Lipinski definition) is 1. The van der Waals surface area contributed by atoms with E-state index in [2.05, 4.69) is 12.2 Å². The minimum atomic E-state index is -0.650. The van der Waals surface area contributed by atoms with E-state index < -0.39 is 10.3 Å². The fourth-order valence-electron chi connectivity index (χ4n) is 4.27. The molecule has 0 saturated heterocycles. The summed E-state index contributed by atoms with van der Waals surface area (Å²) in [7, 11) is 0. The molecule has 1 N–H and O–H groups in total. The van der Waals surface area contributed by atoms with E-state index in [4.69, 9.17) is 4.74 Å². The highest BCUT2D eigenvalue weighted by Gasteiger charge is 2.43. The topological polar surface area (TPSA) is 81.5 Å². The summed E-state index contributed by atoms with van der Waals surface area (Å²) in [5.74, 6) is 0.816. The number of ether oxygens (including phenoxy) is 1. The SMILES string of the molecule is CCC(C)Oc1c(C)cc(NC(=O)C2(c3ccc([N+](=O)[O-])cc3)CCCC2)cc1C. The van der Waals surface area contributed by atoms with E-state index in [1.165, 1.54) is 12.1 Å². The number of rotatable bonds is 7. The summed E-state index contributed by atoms with van der Waals surface area (Å²) in [6.07, 6.45) is 4.46. The third kappa shape index (κ3) is 4.32. The van der Waals surface area contributed by atoms with Gasteiger partial charge in [0.05, 0.1) is 16.4 Å². The maximum atomic E-state index is 13.4. The molecule has 1 unspecified atom stereocenters. The number of hydrogen-bond acceptors (Lipinski definition) is 4. The summed E-state index contributed by atoms with van der Waals surface area (Å²) in [5, 5.41) is 14.1. The molecular formula is C24H30N2O4. The number of anilines is 1. The fourth-order valence-corrected chi connectivity index (χ4v) is 4.27. The first kappa shape index (κ1) is 21.8. The molecule has 1 fully saturated rings. The van der Waals surface area contributed by atoms with Gasteiger partial charge in [0.15, 0.2) is 0 Å². The van der Waals surface area contributed by atoms with Gasteiger partial charge in [-0.25, -0.2) is 0 Å². The molecule has 1 aliphatic rings. The van der Waals surface area contributed by atoms with Crippen molar-refractivity contribution in [1.29, 1.82) is 0 Å². The van der Waals surface area contributed by atoms with Crippen LogP contribution in [0.15, 0.2) is 36.4 Å². The van der Waals surface area contributed by atoms with E-state index in [-0.39, 0.29) is 17.7 Å². The number of non-ortho nitro benzene ring substituents is 1. The first-order valence-electron chi connectivity index (χ1n) is 10.6. The molecule has 1 atom stereocenters. The molecule has 3 rings (SSSR count). The third-order valence-corrected chi connectivity index (χ3v) is 6.13. The summed E-state index contributed by atoms with van der Waals surface area (Å²) in [5.41, 5.74) is 2.95. The van der Waals surface area contributed by atoms with Crippen LogP contribution in [0.5, 0.6) is 5.75 Å². The third-order valence-electron chi connectivity index (χ3n) is 6.13. The predicted octanol–water partition coefficient (Wildman–Crippen LogP) is 5.84. The number of aryl methyl sites for hydroxylation is 2. The molecule has 160 valence electrons. The van der Waals surface area contributed by atoms with Crippen LogP contribution in [0.4, 0.5) is 11.4 Å². The average Bonchev–Trinajstić information content (AvgIpc) is 3.22. The van der Waals surface area contributed by atoms with Gasteiger partial charge in [0, 0.05) is 17.8 Å². The molecule has 6 heteroatoms. The van der Waals surface area contributed by atoms with Crippen molar-refractivity contribution in [2.24, 2.45) is 0 Å². The van der Waals surface area contributed by atoms with Gasteiger partial charge in [-0.2, -0.15) is 0 Å². The Bertz CT molecular complexity index is 908. The number of amides is 1. The van der Waals surface area contributed by atoms with Gasteiger partial charge in [-0.05, 0) is 68.9 Å². The first-order chi connectivity index (χ1) is 14.3. The number of carbonyl (C=O) groups excluding carboxylic acids is 1. The second-order valence-electron chi connectivity index (χ2n) is 8.32. The van der Waals surface area contributed by atoms with Crippen LogP contribution in [0.2, 0.25) is 0 Å². The van der Waals surface area contributed by atoms with Gasteiger partial charge in [-0.1, -0.05) is 31.9 Å². The number of nitrogens with one attached hydrogen (secondary N) is 1. The molecule has 1 amide bonds. The number of benzene rings is 2. The predicted molar refractivity (Wildman–Crippen MR) is 118 cm³/mol. The van der Waals surface area contributed by atoms with Crippen molar-refractivity contribution in [3.8, 4) is 5.75 Å². The van der Waals surface area contributed by atoms with Gasteiger partial charge in [0.25, 0.3) is 5.69 Å². The molecule has 0 spiro atoms. The van der Waals surface area contributed by atoms with E-state index in [0.29, 0.717) is 0 Å². The number of nitro groups is 1. The van der Waals surface area contributed by atoms with E-state index >= 15 is 0 Å². The van der Waals surface area contributed by atoms with Gasteiger partial charge in [0.2, 0.25) is 5.91 Å². The number of nitrogens with zero attached hydrogens (tertiary/aromatic N) is 1. The summed E-state index contributed by atoms with van der Waals surface area (Å²) < 4.78 is 6.04. The van der Waals surface area contributed by atoms with Crippen molar-refractivity contribution in [3.05, 3.63) is 63.2 Å². The number of carbonyl (C=O) groups is 1. The highest BCUT2D eigenvalue weighted by Crippen LogP contribution is 2.42. The normalized spacial score (nSPS) is 16.1. The smallest absolute Gasteiger partial charge is 0.269 e. The first-order valence-corrected chi connectivity index (χ1v) is 10.6. The van der Waals surface area contributed by atoms with Gasteiger partial charge in [0.1, 0.15) is 5.75 Å². The van der Waals surface area contributed by atoms with Gasteiger partial charge in [-0.3, -0.25) is 14.9 Å². The lowest BCUT2D eigenvalue weighted by Gasteiger charge is -2.28. The Morgan fingerprint density at radius 3 is 2.23 bits per heavy atom. The highest BCUT2D eigenvalue weighted by molar-refractivity contribution is 5.99. The molecule has 0 aromatic heterocycles. The van der Waals surface area contributed by atoms with E-state index in [9.17, 15) is 14.9 Å². The number of nitro benzene ring substituents is 1. The minimum absolute atomic E-state index is 0.0375. The zero-order valence-corrected chi connectivity index (χ0v) is 18.2. The lowest BCUT2D eigenvalue weighted by Crippen LogP contribution is -2.38. The highest BCUT2D eigenvalue weighted by atomic mass is 16.6. The molecule has 30 heavy (non-hydrogen) atoms. The Labute approximate surface area is 177 Å². The molecule has 0 aliphatic heterocycles. The average molecular weight is 411 g/mol. The van der Waals surface area contributed by atoms with Crippen LogP contribution >= 0.6 is 0 Å². The maximum absolute atomic E-state index is 13.4. The maximum Gasteiger partial charge on any atom is 0.269 e. The van der Waals surface area contributed by atoms with Crippen molar-refractivity contribution in [3.63, 3.8) is 0 Å². The summed E-state index contributed by atoms with van der Waals surface area (Å²) >= 11 is 0. The van der Waals surface area contributed by atoms with Crippen molar-refractivity contribution >= 4 is 17.3 Å². The van der Waals surface area contributed by atoms with E-state index in [0.717, 1.165) is 60.2 Å². The molecule has 6 nitrogen and oxygen atoms in total. The van der Waals surface area contributed by atoms with Crippen molar-refractivity contribution in [2.75, 3.05) is 5.32 Å². The van der Waals surface area contributed by atoms with Crippen LogP contribution < -0.4 is 10.1 Å². The van der Waals surface area contributed by atoms with Crippen molar-refractivity contribution in [1.82, 2.24) is 0 Å². The monoisotopic (exact) mass is 410 g/mol. The second-order valence-corrected chi connectivity index (χ2v) is 8.32. The Balaban J connectivity index is 1.86. The molecule has 1 saturated carbocycles. The van der Waals surface area contributed by atoms with Crippen LogP contribution in [-0.4, -0.2) is 16.9 Å². The summed E-state index contributed by atoms with van der Waals surface area (Å²) in [4.78, 5) is 24.0. The van der Waals surface area contributed by atoms with E-state index in [1.807, 2.05) is 32.9 Å². The fraction of sp³-hybridized carbons (Fsp3) is 0.458. The van der Waals surface area contributed by atoms with Gasteiger partial charge < -0.3 is 10.1 Å². The standard InChI is InChI=1S/C24H30N2O4/c1-5-18(4)30-22-16(2)14-20(15-17(22)3)25-23(27)24(12-6-7-13-24)19-8-10-21(11-9-19)26(28)29/h8-11,14-15,18H,5-7,12-13H2,1-4H3,(H,25,27). The molecule has 0 radical (unpaired) electrons. The molecule has 2 aromatic carbocycles. The Morgan fingerprint density at radius 2 is 1.73 bits per heavy atom. The molecule has 0 bridgehead atoms. The molecular weight excluding hydrogens is 380 g/mol. The molecule has 1 aliphatic carbocycles. The second kappa shape index (κ2) is 8.86. The van der Waals surface area contributed by atoms with Crippen LogP contribution in [0.1, 0.15) is 62.6 Å². The summed E-state index contributed by atoms with van der Waals surface area (Å²) in [6.45, 7) is 8.11. The molecule has 0 heterocycles. The van der Waals surface area contributed by atoms with Crippen LogP contribution in [0.3, 0.4) is 0 Å². The van der Waals surface area contributed by atoms with Crippen molar-refractivity contribution < 1.29 is 14.5 Å². The Hall–Kier alpha value is -2.89. The van der Waals surface area contributed by atoms with Crippen LogP contribution in [0.25, 0.3) is 0 Å². The Morgan fingerprint density at radius 1 is 1.17 bits per heavy atom. The van der Waals surface area contributed by atoms with Gasteiger partial charge >= 0.3 is 0 Å². The minimum Gasteiger partial charge on any atom is -0.490 e.